The lowest BCUT2D eigenvalue weighted by Crippen LogP contribution is -2.49. The van der Waals surface area contributed by atoms with Gasteiger partial charge in [-0.3, -0.25) is 4.79 Å². The molecule has 3 aromatic rings. The number of rotatable bonds is 9. The van der Waals surface area contributed by atoms with E-state index in [2.05, 4.69) is 38.2 Å². The van der Waals surface area contributed by atoms with Gasteiger partial charge in [-0.15, -0.1) is 0 Å². The lowest BCUT2D eigenvalue weighted by atomic mass is 9.72. The predicted octanol–water partition coefficient (Wildman–Crippen LogP) is 6.54. The van der Waals surface area contributed by atoms with Crippen LogP contribution in [0, 0.1) is 11.3 Å². The highest BCUT2D eigenvalue weighted by Crippen LogP contribution is 2.49. The summed E-state index contributed by atoms with van der Waals surface area (Å²) in [6.07, 6.45) is -0.947. The zero-order valence-electron chi connectivity index (χ0n) is 26.6. The number of likely N-dealkylation sites (tertiary alicyclic amines) is 1. The van der Waals surface area contributed by atoms with Crippen LogP contribution in [0.4, 0.5) is 0 Å². The Bertz CT molecular complexity index is 1390. The van der Waals surface area contributed by atoms with Gasteiger partial charge in [0.05, 0.1) is 13.2 Å². The molecule has 4 rings (SSSR count). The second kappa shape index (κ2) is 12.9. The Morgan fingerprint density at radius 3 is 2.02 bits per heavy atom. The molecule has 43 heavy (non-hydrogen) atoms. The first-order chi connectivity index (χ1) is 20.3. The molecule has 0 spiro atoms. The fourth-order valence-corrected chi connectivity index (χ4v) is 6.48. The minimum absolute atomic E-state index is 0.0564. The van der Waals surface area contributed by atoms with E-state index in [4.69, 9.17) is 9.47 Å². The Labute approximate surface area is 256 Å². The molecule has 0 aromatic heterocycles. The van der Waals surface area contributed by atoms with Crippen molar-refractivity contribution in [3.8, 4) is 5.75 Å². The minimum atomic E-state index is -1.08. The third kappa shape index (κ3) is 6.78. The normalized spacial score (nSPS) is 21.4. The summed E-state index contributed by atoms with van der Waals surface area (Å²) < 4.78 is 11.5. The predicted molar refractivity (Wildman–Crippen MR) is 169 cm³/mol. The van der Waals surface area contributed by atoms with Crippen LogP contribution in [0.5, 0.6) is 5.75 Å². The SMILES string of the molecule is COc1ccc(C(C)(C)C)cc1CN[C@H]1[C@H](C(C)(C)C)[C@@H](C(=O)O)N(C(=O)[C@H](OC)c2ccccc2)[C@H]1c1ccccc1. The van der Waals surface area contributed by atoms with E-state index in [0.717, 1.165) is 16.9 Å². The van der Waals surface area contributed by atoms with Crippen molar-refractivity contribution in [3.63, 3.8) is 0 Å². The lowest BCUT2D eigenvalue weighted by molar-refractivity contribution is -0.157. The number of carboxylic acid groups (broad SMARTS) is 1. The van der Waals surface area contributed by atoms with Gasteiger partial charge < -0.3 is 24.8 Å². The average molecular weight is 587 g/mol. The maximum Gasteiger partial charge on any atom is 0.326 e. The Hall–Kier alpha value is -3.68. The zero-order valence-corrected chi connectivity index (χ0v) is 26.6. The molecule has 0 saturated carbocycles. The van der Waals surface area contributed by atoms with Gasteiger partial charge in [-0.1, -0.05) is 114 Å². The minimum Gasteiger partial charge on any atom is -0.496 e. The van der Waals surface area contributed by atoms with E-state index >= 15 is 0 Å². The largest absolute Gasteiger partial charge is 0.496 e. The summed E-state index contributed by atoms with van der Waals surface area (Å²) in [5.41, 5.74) is 3.18. The van der Waals surface area contributed by atoms with E-state index in [1.807, 2.05) is 87.5 Å². The maximum absolute atomic E-state index is 14.5. The van der Waals surface area contributed by atoms with Gasteiger partial charge in [0, 0.05) is 31.2 Å². The number of carboxylic acids is 1. The topological polar surface area (TPSA) is 88.1 Å². The number of ether oxygens (including phenoxy) is 2. The summed E-state index contributed by atoms with van der Waals surface area (Å²) in [6, 6.07) is 23.2. The summed E-state index contributed by atoms with van der Waals surface area (Å²) >= 11 is 0. The Kier molecular flexibility index (Phi) is 9.67. The molecule has 1 amide bonds. The van der Waals surface area contributed by atoms with Gasteiger partial charge in [0.1, 0.15) is 11.8 Å². The van der Waals surface area contributed by atoms with Crippen molar-refractivity contribution < 1.29 is 24.2 Å². The number of carbonyl (C=O) groups is 2. The van der Waals surface area contributed by atoms with Crippen LogP contribution in [0.25, 0.3) is 0 Å². The Morgan fingerprint density at radius 2 is 1.51 bits per heavy atom. The molecule has 1 aliphatic heterocycles. The standard InChI is InChI=1S/C36H46N2O5/c1-35(2,3)26-19-20-27(42-7)25(21-26)22-37-29-28(36(4,5)6)31(34(40)41)38(30(29)23-15-11-9-12-16-23)33(39)32(43-8)24-17-13-10-14-18-24/h9-21,28-32,37H,22H2,1-8H3,(H,40,41)/t28-,29-,30-,31-,32+/m0/s1. The zero-order chi connectivity index (χ0) is 31.5. The van der Waals surface area contributed by atoms with Gasteiger partial charge in [-0.25, -0.2) is 4.79 Å². The van der Waals surface area contributed by atoms with Gasteiger partial charge in [0.2, 0.25) is 0 Å². The van der Waals surface area contributed by atoms with E-state index in [1.165, 1.54) is 12.7 Å². The van der Waals surface area contributed by atoms with Crippen LogP contribution in [0.2, 0.25) is 0 Å². The second-order valence-electron chi connectivity index (χ2n) is 13.5. The van der Waals surface area contributed by atoms with Crippen LogP contribution in [0.1, 0.15) is 75.9 Å². The molecule has 1 saturated heterocycles. The van der Waals surface area contributed by atoms with Gasteiger partial charge in [0.25, 0.3) is 5.91 Å². The highest BCUT2D eigenvalue weighted by molar-refractivity contribution is 5.89. The lowest BCUT2D eigenvalue weighted by Gasteiger charge is -2.35. The van der Waals surface area contributed by atoms with Crippen molar-refractivity contribution in [2.45, 2.75) is 77.7 Å². The van der Waals surface area contributed by atoms with Gasteiger partial charge >= 0.3 is 5.97 Å². The molecule has 1 heterocycles. The number of methoxy groups -OCH3 is 2. The molecule has 7 heteroatoms. The van der Waals surface area contributed by atoms with E-state index in [9.17, 15) is 14.7 Å². The van der Waals surface area contributed by atoms with Gasteiger partial charge in [-0.05, 0) is 33.6 Å². The van der Waals surface area contributed by atoms with Crippen molar-refractivity contribution >= 4 is 11.9 Å². The van der Waals surface area contributed by atoms with Crippen LogP contribution in [0.3, 0.4) is 0 Å². The highest BCUT2D eigenvalue weighted by Gasteiger charge is 2.58. The molecule has 0 radical (unpaired) electrons. The van der Waals surface area contributed by atoms with Gasteiger partial charge in [-0.2, -0.15) is 0 Å². The maximum atomic E-state index is 14.5. The number of benzene rings is 3. The quantitative estimate of drug-likeness (QED) is 0.296. The fourth-order valence-electron chi connectivity index (χ4n) is 6.48. The third-order valence-electron chi connectivity index (χ3n) is 8.55. The molecule has 1 aliphatic rings. The molecule has 7 nitrogen and oxygen atoms in total. The number of nitrogens with one attached hydrogen (secondary N) is 1. The summed E-state index contributed by atoms with van der Waals surface area (Å²) in [5.74, 6) is -1.08. The summed E-state index contributed by atoms with van der Waals surface area (Å²) in [5, 5.41) is 14.5. The molecule has 0 unspecified atom stereocenters. The smallest absolute Gasteiger partial charge is 0.326 e. The summed E-state index contributed by atoms with van der Waals surface area (Å²) in [4.78, 5) is 29.3. The highest BCUT2D eigenvalue weighted by atomic mass is 16.5. The molecule has 5 atom stereocenters. The fraction of sp³-hybridized carbons (Fsp3) is 0.444. The van der Waals surface area contributed by atoms with E-state index < -0.39 is 35.5 Å². The Morgan fingerprint density at radius 1 is 0.907 bits per heavy atom. The first-order valence-electron chi connectivity index (χ1n) is 14.9. The molecular formula is C36H46N2O5. The average Bonchev–Trinajstić information content (AvgIpc) is 3.33. The monoisotopic (exact) mass is 586 g/mol. The van der Waals surface area contributed by atoms with E-state index in [-0.39, 0.29) is 17.4 Å². The third-order valence-corrected chi connectivity index (χ3v) is 8.55. The van der Waals surface area contributed by atoms with E-state index in [0.29, 0.717) is 12.1 Å². The molecule has 1 fully saturated rings. The molecule has 2 N–H and O–H groups in total. The second-order valence-corrected chi connectivity index (χ2v) is 13.5. The molecule has 230 valence electrons. The molecule has 0 aliphatic carbocycles. The first kappa shape index (κ1) is 32.2. The number of aliphatic carboxylic acids is 1. The van der Waals surface area contributed by atoms with Crippen molar-refractivity contribution in [1.82, 2.24) is 10.2 Å². The van der Waals surface area contributed by atoms with Crippen molar-refractivity contribution in [2.75, 3.05) is 14.2 Å². The van der Waals surface area contributed by atoms with Gasteiger partial charge in [0.15, 0.2) is 6.10 Å². The van der Waals surface area contributed by atoms with Crippen LogP contribution in [-0.2, 0) is 26.3 Å². The first-order valence-corrected chi connectivity index (χ1v) is 14.9. The Balaban J connectivity index is 1.86. The number of amides is 1. The molecule has 3 aromatic carbocycles. The molecule has 0 bridgehead atoms. The number of carbonyl (C=O) groups excluding carboxylic acids is 1. The van der Waals surface area contributed by atoms with Crippen LogP contribution in [0.15, 0.2) is 78.9 Å². The van der Waals surface area contributed by atoms with Crippen LogP contribution < -0.4 is 10.1 Å². The number of hydrogen-bond acceptors (Lipinski definition) is 5. The van der Waals surface area contributed by atoms with Crippen molar-refractivity contribution in [1.29, 1.82) is 0 Å². The summed E-state index contributed by atoms with van der Waals surface area (Å²) in [6.45, 7) is 13.1. The van der Waals surface area contributed by atoms with Crippen molar-refractivity contribution in [2.24, 2.45) is 11.3 Å². The summed E-state index contributed by atoms with van der Waals surface area (Å²) in [7, 11) is 3.15. The van der Waals surface area contributed by atoms with Crippen LogP contribution >= 0.6 is 0 Å². The van der Waals surface area contributed by atoms with E-state index in [1.54, 1.807) is 12.0 Å². The molecular weight excluding hydrogens is 540 g/mol. The number of nitrogens with zero attached hydrogens (tertiary/aromatic N) is 1. The van der Waals surface area contributed by atoms with Crippen LogP contribution in [-0.4, -0.2) is 48.2 Å². The van der Waals surface area contributed by atoms with Crippen molar-refractivity contribution in [3.05, 3.63) is 101 Å². The number of hydrogen-bond donors (Lipinski definition) is 2.